The van der Waals surface area contributed by atoms with E-state index in [0.717, 1.165) is 30.2 Å². The van der Waals surface area contributed by atoms with Gasteiger partial charge in [0.05, 0.1) is 10.5 Å². The first-order valence-corrected chi connectivity index (χ1v) is 16.0. The normalized spacial score (nSPS) is 13.5. The van der Waals surface area contributed by atoms with Gasteiger partial charge in [0.25, 0.3) is 21.8 Å². The Labute approximate surface area is 256 Å². The summed E-state index contributed by atoms with van der Waals surface area (Å²) >= 11 is 0. The predicted octanol–water partition coefficient (Wildman–Crippen LogP) is 3.30. The quantitative estimate of drug-likeness (QED) is 0.245. The van der Waals surface area contributed by atoms with E-state index >= 15 is 0 Å². The van der Waals surface area contributed by atoms with E-state index in [1.165, 1.54) is 43.5 Å². The van der Waals surface area contributed by atoms with Crippen LogP contribution in [0, 0.1) is 5.92 Å². The van der Waals surface area contributed by atoms with E-state index in [4.69, 9.17) is 4.74 Å². The van der Waals surface area contributed by atoms with Crippen molar-refractivity contribution in [3.05, 3.63) is 95.3 Å². The number of hydrogen-bond donors (Lipinski definition) is 3. The second kappa shape index (κ2) is 15.8. The summed E-state index contributed by atoms with van der Waals surface area (Å²) in [7, 11) is -4.17. The van der Waals surface area contributed by atoms with Gasteiger partial charge >= 0.3 is 5.97 Å². The van der Waals surface area contributed by atoms with Gasteiger partial charge < -0.3 is 15.4 Å². The highest BCUT2D eigenvalue weighted by molar-refractivity contribution is 7.90. The van der Waals surface area contributed by atoms with Crippen molar-refractivity contribution in [2.24, 2.45) is 5.92 Å². The molecular formula is C32H36N4O7S. The topological polar surface area (TPSA) is 161 Å². The molecule has 3 aromatic rings. The van der Waals surface area contributed by atoms with Crippen LogP contribution in [0.2, 0.25) is 0 Å². The molecule has 0 radical (unpaired) electrons. The molecule has 1 aromatic heterocycles. The maximum Gasteiger partial charge on any atom is 0.325 e. The Morgan fingerprint density at radius 1 is 0.818 bits per heavy atom. The molecule has 3 N–H and O–H groups in total. The SMILES string of the molecule is O=C(CC1CCCCC1)NCCc1ccc(S(=O)(=O)NC(=O)c2ccc(C(=O)NCC(=O)OCc3ccccc3)nc2)cc1. The van der Waals surface area contributed by atoms with Crippen LogP contribution in [0.3, 0.4) is 0 Å². The number of amides is 3. The van der Waals surface area contributed by atoms with E-state index < -0.39 is 27.8 Å². The number of esters is 1. The average Bonchev–Trinajstić information content (AvgIpc) is 3.03. The molecular weight excluding hydrogens is 584 g/mol. The van der Waals surface area contributed by atoms with Crippen molar-refractivity contribution in [3.8, 4) is 0 Å². The smallest absolute Gasteiger partial charge is 0.325 e. The standard InChI is InChI=1S/C32H36N4O7S/c37-29(19-24-7-3-1-4-8-24)33-18-17-23-11-14-27(15-12-23)44(41,42)36-31(39)26-13-16-28(34-20-26)32(40)35-21-30(38)43-22-25-9-5-2-6-10-25/h2,5-6,9-16,20,24H,1,3-4,7-8,17-19,21-22H2,(H,33,37)(H,35,40)(H,36,39). The van der Waals surface area contributed by atoms with Gasteiger partial charge in [-0.15, -0.1) is 0 Å². The first-order chi connectivity index (χ1) is 21.2. The Morgan fingerprint density at radius 2 is 1.55 bits per heavy atom. The average molecular weight is 621 g/mol. The van der Waals surface area contributed by atoms with Gasteiger partial charge in [-0.1, -0.05) is 61.7 Å². The van der Waals surface area contributed by atoms with Crippen LogP contribution in [0.1, 0.15) is 70.5 Å². The lowest BCUT2D eigenvalue weighted by Crippen LogP contribution is -2.32. The van der Waals surface area contributed by atoms with E-state index in [1.807, 2.05) is 22.9 Å². The number of ether oxygens (including phenoxy) is 1. The summed E-state index contributed by atoms with van der Waals surface area (Å²) in [6.45, 7) is 0.153. The molecule has 2 aromatic carbocycles. The number of aromatic nitrogens is 1. The number of sulfonamides is 1. The van der Waals surface area contributed by atoms with E-state index in [1.54, 1.807) is 24.3 Å². The predicted molar refractivity (Wildman–Crippen MR) is 162 cm³/mol. The summed E-state index contributed by atoms with van der Waals surface area (Å²) < 4.78 is 32.6. The lowest BCUT2D eigenvalue weighted by molar-refractivity contribution is -0.143. The largest absolute Gasteiger partial charge is 0.460 e. The van der Waals surface area contributed by atoms with Crippen molar-refractivity contribution < 1.29 is 32.3 Å². The number of rotatable bonds is 13. The molecule has 232 valence electrons. The molecule has 1 aliphatic carbocycles. The summed E-state index contributed by atoms with van der Waals surface area (Å²) in [5.74, 6) is -1.71. The Bertz CT molecular complexity index is 1540. The summed E-state index contributed by atoms with van der Waals surface area (Å²) in [6.07, 6.45) is 8.00. The van der Waals surface area contributed by atoms with Gasteiger partial charge in [-0.2, -0.15) is 0 Å². The van der Waals surface area contributed by atoms with Gasteiger partial charge in [0.1, 0.15) is 18.8 Å². The lowest BCUT2D eigenvalue weighted by atomic mass is 9.87. The number of pyridine rings is 1. The van der Waals surface area contributed by atoms with Gasteiger partial charge in [0, 0.05) is 19.2 Å². The molecule has 1 fully saturated rings. The molecule has 44 heavy (non-hydrogen) atoms. The van der Waals surface area contributed by atoms with Crippen LogP contribution in [-0.2, 0) is 37.4 Å². The molecule has 4 rings (SSSR count). The van der Waals surface area contributed by atoms with Gasteiger partial charge in [0.15, 0.2) is 0 Å². The van der Waals surface area contributed by atoms with Crippen LogP contribution in [-0.4, -0.2) is 50.2 Å². The highest BCUT2D eigenvalue weighted by Gasteiger charge is 2.20. The molecule has 1 aliphatic rings. The maximum absolute atomic E-state index is 12.8. The number of benzene rings is 2. The Morgan fingerprint density at radius 3 is 2.23 bits per heavy atom. The van der Waals surface area contributed by atoms with Crippen LogP contribution in [0.15, 0.2) is 77.8 Å². The van der Waals surface area contributed by atoms with Gasteiger partial charge in [-0.25, -0.2) is 13.1 Å². The van der Waals surface area contributed by atoms with Crippen LogP contribution < -0.4 is 15.4 Å². The second-order valence-corrected chi connectivity index (χ2v) is 12.3. The van der Waals surface area contributed by atoms with Gasteiger partial charge in [0.2, 0.25) is 5.91 Å². The molecule has 0 saturated heterocycles. The van der Waals surface area contributed by atoms with Crippen LogP contribution in [0.4, 0.5) is 0 Å². The number of carbonyl (C=O) groups excluding carboxylic acids is 4. The summed E-state index contributed by atoms with van der Waals surface area (Å²) in [6, 6.07) is 17.6. The van der Waals surface area contributed by atoms with Crippen molar-refractivity contribution in [1.82, 2.24) is 20.3 Å². The third kappa shape index (κ3) is 10.0. The Kier molecular flexibility index (Phi) is 11.6. The Balaban J connectivity index is 1.20. The molecule has 0 spiro atoms. The highest BCUT2D eigenvalue weighted by Crippen LogP contribution is 2.26. The minimum absolute atomic E-state index is 0.0428. The number of nitrogens with one attached hydrogen (secondary N) is 3. The Hall–Kier alpha value is -4.58. The summed E-state index contributed by atoms with van der Waals surface area (Å²) in [5.41, 5.74) is 1.51. The maximum atomic E-state index is 12.8. The molecule has 0 aliphatic heterocycles. The zero-order valence-corrected chi connectivity index (χ0v) is 25.1. The highest BCUT2D eigenvalue weighted by atomic mass is 32.2. The van der Waals surface area contributed by atoms with E-state index in [-0.39, 0.29) is 35.2 Å². The minimum atomic E-state index is -4.17. The molecule has 1 saturated carbocycles. The summed E-state index contributed by atoms with van der Waals surface area (Å²) in [4.78, 5) is 52.9. The van der Waals surface area contributed by atoms with Crippen molar-refractivity contribution >= 4 is 33.7 Å². The summed E-state index contributed by atoms with van der Waals surface area (Å²) in [5, 5.41) is 5.32. The third-order valence-electron chi connectivity index (χ3n) is 7.29. The van der Waals surface area contributed by atoms with Crippen LogP contribution in [0.5, 0.6) is 0 Å². The first kappa shape index (κ1) is 32.3. The van der Waals surface area contributed by atoms with Crippen LogP contribution >= 0.6 is 0 Å². The second-order valence-electron chi connectivity index (χ2n) is 10.6. The van der Waals surface area contributed by atoms with E-state index in [2.05, 4.69) is 15.6 Å². The molecule has 12 heteroatoms. The molecule has 11 nitrogen and oxygen atoms in total. The van der Waals surface area contributed by atoms with Crippen molar-refractivity contribution in [2.45, 2.75) is 56.4 Å². The fourth-order valence-electron chi connectivity index (χ4n) is 4.84. The molecule has 0 bridgehead atoms. The minimum Gasteiger partial charge on any atom is -0.460 e. The number of nitrogens with zero attached hydrogens (tertiary/aromatic N) is 1. The van der Waals surface area contributed by atoms with Gasteiger partial charge in [-0.05, 0) is 60.6 Å². The zero-order chi connectivity index (χ0) is 31.4. The lowest BCUT2D eigenvalue weighted by Gasteiger charge is -2.20. The van der Waals surface area contributed by atoms with Crippen molar-refractivity contribution in [2.75, 3.05) is 13.1 Å². The van der Waals surface area contributed by atoms with Crippen molar-refractivity contribution in [1.29, 1.82) is 0 Å². The van der Waals surface area contributed by atoms with E-state index in [9.17, 15) is 27.6 Å². The monoisotopic (exact) mass is 620 g/mol. The third-order valence-corrected chi connectivity index (χ3v) is 8.64. The number of carbonyl (C=O) groups is 4. The fraction of sp³-hybridized carbons (Fsp3) is 0.344. The van der Waals surface area contributed by atoms with Crippen molar-refractivity contribution in [3.63, 3.8) is 0 Å². The van der Waals surface area contributed by atoms with E-state index in [0.29, 0.717) is 25.3 Å². The number of hydrogen-bond acceptors (Lipinski definition) is 8. The first-order valence-electron chi connectivity index (χ1n) is 14.6. The molecule has 1 heterocycles. The fourth-order valence-corrected chi connectivity index (χ4v) is 5.82. The molecule has 0 atom stereocenters. The zero-order valence-electron chi connectivity index (χ0n) is 24.3. The van der Waals surface area contributed by atoms with Gasteiger partial charge in [-0.3, -0.25) is 24.2 Å². The molecule has 3 amide bonds. The van der Waals surface area contributed by atoms with Crippen LogP contribution in [0.25, 0.3) is 0 Å². The molecule has 0 unspecified atom stereocenters.